The van der Waals surface area contributed by atoms with Crippen molar-refractivity contribution in [2.45, 2.75) is 81.3 Å². The summed E-state index contributed by atoms with van der Waals surface area (Å²) in [5.74, 6) is 0.297. The van der Waals surface area contributed by atoms with E-state index >= 15 is 0 Å². The van der Waals surface area contributed by atoms with Crippen LogP contribution < -0.4 is 0 Å². The molecule has 1 N–H and O–H groups in total. The molecular formula is C20H25ClO6. The summed E-state index contributed by atoms with van der Waals surface area (Å²) in [7, 11) is 0. The maximum absolute atomic E-state index is 12.1. The summed E-state index contributed by atoms with van der Waals surface area (Å²) in [5, 5.41) is 11.4. The van der Waals surface area contributed by atoms with Crippen molar-refractivity contribution in [3.63, 3.8) is 0 Å². The van der Waals surface area contributed by atoms with Crippen molar-refractivity contribution in [2.24, 2.45) is 17.3 Å². The van der Waals surface area contributed by atoms with Gasteiger partial charge in [0.05, 0.1) is 6.10 Å². The first-order valence-corrected chi connectivity index (χ1v) is 9.95. The van der Waals surface area contributed by atoms with Crippen LogP contribution in [-0.2, 0) is 23.7 Å². The molecule has 0 radical (unpaired) electrons. The molecule has 3 saturated heterocycles. The summed E-state index contributed by atoms with van der Waals surface area (Å²) in [6.07, 6.45) is 1.71. The Morgan fingerprint density at radius 2 is 1.96 bits per heavy atom. The molecular weight excluding hydrogens is 372 g/mol. The number of hydrogen-bond donors (Lipinski definition) is 1. The number of fused-ring (bicyclic) bond motifs is 4. The molecule has 148 valence electrons. The normalized spacial score (nSPS) is 60.8. The summed E-state index contributed by atoms with van der Waals surface area (Å²) in [5.41, 5.74) is 0.230. The van der Waals surface area contributed by atoms with Crippen LogP contribution in [0.2, 0.25) is 0 Å². The van der Waals surface area contributed by atoms with E-state index < -0.39 is 22.9 Å². The van der Waals surface area contributed by atoms with E-state index in [1.807, 2.05) is 0 Å². The SMILES string of the molecule is CC(C)[C@]12O[C@H]1[C@@H]1O[C@]13[C@]1(O[C@H]1C[C@H]1C4=C(CC[C@@]13C)C(=O)OC4)[C@H]2O.Cl. The monoisotopic (exact) mass is 396 g/mol. The average Bonchev–Trinajstić information content (AvgIpc) is 3.47. The molecule has 3 aliphatic carbocycles. The first-order valence-electron chi connectivity index (χ1n) is 9.95. The van der Waals surface area contributed by atoms with Crippen molar-refractivity contribution in [3.8, 4) is 0 Å². The number of esters is 1. The lowest BCUT2D eigenvalue weighted by molar-refractivity contribution is -0.136. The summed E-state index contributed by atoms with van der Waals surface area (Å²) in [6, 6.07) is 0. The van der Waals surface area contributed by atoms with Gasteiger partial charge in [0, 0.05) is 11.0 Å². The van der Waals surface area contributed by atoms with Crippen molar-refractivity contribution in [1.82, 2.24) is 0 Å². The molecule has 7 rings (SSSR count). The number of halogens is 1. The van der Waals surface area contributed by atoms with E-state index in [9.17, 15) is 9.90 Å². The molecule has 5 fully saturated rings. The van der Waals surface area contributed by atoms with Gasteiger partial charge in [0.25, 0.3) is 0 Å². The Morgan fingerprint density at radius 1 is 1.19 bits per heavy atom. The predicted molar refractivity (Wildman–Crippen MR) is 94.3 cm³/mol. The quantitative estimate of drug-likeness (QED) is 0.534. The van der Waals surface area contributed by atoms with Gasteiger partial charge in [0.1, 0.15) is 36.1 Å². The molecule has 4 aliphatic heterocycles. The molecule has 0 aromatic heterocycles. The molecule has 0 bridgehead atoms. The lowest BCUT2D eigenvalue weighted by Gasteiger charge is -2.53. The fourth-order valence-corrected chi connectivity index (χ4v) is 7.70. The van der Waals surface area contributed by atoms with Gasteiger partial charge >= 0.3 is 5.97 Å². The highest BCUT2D eigenvalue weighted by Crippen LogP contribution is 2.82. The highest BCUT2D eigenvalue weighted by atomic mass is 35.5. The number of ether oxygens (including phenoxy) is 4. The Kier molecular flexibility index (Phi) is 2.81. The van der Waals surface area contributed by atoms with Gasteiger partial charge in [-0.3, -0.25) is 0 Å². The standard InChI is InChI=1S/C20H24O6.ClH/c1-8(2)18-13(25-18)14-20(26-14)17(3)5-4-9-10(7-23-15(9)21)11(17)6-12-19(20,24-12)16(18)22;/h8,11-14,16,22H,4-7H2,1-3H3;1H/t11-,12-,13-,14-,16-,17-,18-,19+,20+;/m0./s1. The molecule has 7 heteroatoms. The van der Waals surface area contributed by atoms with E-state index in [2.05, 4.69) is 20.8 Å². The fourth-order valence-electron chi connectivity index (χ4n) is 7.70. The number of epoxide rings is 3. The van der Waals surface area contributed by atoms with Crippen LogP contribution in [0.15, 0.2) is 11.1 Å². The van der Waals surface area contributed by atoms with Gasteiger partial charge in [-0.15, -0.1) is 12.4 Å². The second kappa shape index (κ2) is 4.41. The Labute approximate surface area is 164 Å². The maximum atomic E-state index is 12.1. The zero-order valence-corrected chi connectivity index (χ0v) is 16.5. The van der Waals surface area contributed by atoms with Crippen molar-refractivity contribution in [2.75, 3.05) is 6.61 Å². The Hall–Kier alpha value is -0.660. The minimum atomic E-state index is -0.654. The smallest absolute Gasteiger partial charge is 0.334 e. The fraction of sp³-hybridized carbons (Fsp3) is 0.850. The van der Waals surface area contributed by atoms with Gasteiger partial charge in [0.2, 0.25) is 0 Å². The lowest BCUT2D eigenvalue weighted by atomic mass is 9.46. The summed E-state index contributed by atoms with van der Waals surface area (Å²) in [4.78, 5) is 12.1. The summed E-state index contributed by atoms with van der Waals surface area (Å²) >= 11 is 0. The van der Waals surface area contributed by atoms with Crippen LogP contribution in [0.5, 0.6) is 0 Å². The number of aliphatic hydroxyl groups excluding tert-OH is 1. The second-order valence-electron chi connectivity index (χ2n) is 9.91. The zero-order chi connectivity index (χ0) is 17.9. The van der Waals surface area contributed by atoms with E-state index in [1.54, 1.807) is 0 Å². The minimum Gasteiger partial charge on any atom is -0.458 e. The highest BCUT2D eigenvalue weighted by Gasteiger charge is 3.00. The molecule has 0 amide bonds. The van der Waals surface area contributed by atoms with E-state index in [-0.39, 0.29) is 53.9 Å². The molecule has 0 aromatic carbocycles. The van der Waals surface area contributed by atoms with Gasteiger partial charge in [-0.25, -0.2) is 4.79 Å². The molecule has 0 aromatic rings. The molecule has 9 atom stereocenters. The molecule has 27 heavy (non-hydrogen) atoms. The number of cyclic esters (lactones) is 1. The van der Waals surface area contributed by atoms with E-state index in [0.29, 0.717) is 6.61 Å². The molecule has 2 spiro atoms. The first-order chi connectivity index (χ1) is 12.3. The second-order valence-corrected chi connectivity index (χ2v) is 9.91. The van der Waals surface area contributed by atoms with Crippen LogP contribution in [-0.4, -0.2) is 58.9 Å². The van der Waals surface area contributed by atoms with E-state index in [4.69, 9.17) is 18.9 Å². The van der Waals surface area contributed by atoms with Gasteiger partial charge in [0.15, 0.2) is 5.60 Å². The number of carbonyl (C=O) groups excluding carboxylic acids is 1. The van der Waals surface area contributed by atoms with Gasteiger partial charge in [-0.2, -0.15) is 0 Å². The summed E-state index contributed by atoms with van der Waals surface area (Å²) in [6.45, 7) is 6.91. The number of rotatable bonds is 1. The van der Waals surface area contributed by atoms with Crippen LogP contribution in [0, 0.1) is 17.3 Å². The number of carbonyl (C=O) groups is 1. The van der Waals surface area contributed by atoms with Crippen LogP contribution in [0.3, 0.4) is 0 Å². The van der Waals surface area contributed by atoms with Crippen LogP contribution in [0.1, 0.15) is 40.0 Å². The van der Waals surface area contributed by atoms with Crippen molar-refractivity contribution in [3.05, 3.63) is 11.1 Å². The third-order valence-corrected chi connectivity index (χ3v) is 9.10. The van der Waals surface area contributed by atoms with Crippen LogP contribution >= 0.6 is 12.4 Å². The largest absolute Gasteiger partial charge is 0.458 e. The topological polar surface area (TPSA) is 84.1 Å². The van der Waals surface area contributed by atoms with Crippen molar-refractivity contribution in [1.29, 1.82) is 0 Å². The third kappa shape index (κ3) is 1.40. The molecule has 0 unspecified atom stereocenters. The number of aliphatic hydroxyl groups is 1. The predicted octanol–water partition coefficient (Wildman–Crippen LogP) is 1.52. The summed E-state index contributed by atoms with van der Waals surface area (Å²) < 4.78 is 24.3. The third-order valence-electron chi connectivity index (χ3n) is 9.10. The zero-order valence-electron chi connectivity index (χ0n) is 15.7. The minimum absolute atomic E-state index is 0. The first kappa shape index (κ1) is 17.2. The van der Waals surface area contributed by atoms with Crippen LogP contribution in [0.4, 0.5) is 0 Å². The van der Waals surface area contributed by atoms with Crippen LogP contribution in [0.25, 0.3) is 0 Å². The number of hydrogen-bond acceptors (Lipinski definition) is 6. The van der Waals surface area contributed by atoms with Gasteiger partial charge < -0.3 is 24.1 Å². The van der Waals surface area contributed by atoms with Crippen molar-refractivity contribution >= 4 is 18.4 Å². The van der Waals surface area contributed by atoms with E-state index in [0.717, 1.165) is 30.4 Å². The van der Waals surface area contributed by atoms with Gasteiger partial charge in [-0.05, 0) is 36.7 Å². The maximum Gasteiger partial charge on any atom is 0.334 e. The molecule has 6 nitrogen and oxygen atoms in total. The molecule has 4 heterocycles. The Morgan fingerprint density at radius 3 is 2.70 bits per heavy atom. The Balaban J connectivity index is 0.00000146. The van der Waals surface area contributed by atoms with Crippen molar-refractivity contribution < 1.29 is 28.8 Å². The molecule has 2 saturated carbocycles. The highest BCUT2D eigenvalue weighted by molar-refractivity contribution is 5.92. The Bertz CT molecular complexity index is 825. The molecule has 7 aliphatic rings. The lowest BCUT2D eigenvalue weighted by Crippen LogP contribution is -2.69. The van der Waals surface area contributed by atoms with E-state index in [1.165, 1.54) is 0 Å². The van der Waals surface area contributed by atoms with Gasteiger partial charge in [-0.1, -0.05) is 20.8 Å². The average molecular weight is 397 g/mol.